The van der Waals surface area contributed by atoms with Gasteiger partial charge in [0.1, 0.15) is 16.3 Å². The molecule has 0 bridgehead atoms. The number of benzene rings is 2. The third kappa shape index (κ3) is 4.72. The predicted octanol–water partition coefficient (Wildman–Crippen LogP) is 6.32. The molecule has 0 amide bonds. The highest BCUT2D eigenvalue weighted by Crippen LogP contribution is 2.60. The lowest BCUT2D eigenvalue weighted by molar-refractivity contribution is -0.149. The highest BCUT2D eigenvalue weighted by molar-refractivity contribution is 6.55. The van der Waals surface area contributed by atoms with Crippen molar-refractivity contribution in [2.45, 2.75) is 20.0 Å². The van der Waals surface area contributed by atoms with E-state index < -0.39 is 70.9 Å². The Morgan fingerprint density at radius 2 is 2.03 bits per heavy atom. The van der Waals surface area contributed by atoms with Crippen LogP contribution in [0.15, 0.2) is 59.0 Å². The first kappa shape index (κ1) is 15.3. The van der Waals surface area contributed by atoms with Gasteiger partial charge in [-0.1, -0.05) is 61.2 Å². The fourth-order valence-corrected chi connectivity index (χ4v) is 3.37. The molecule has 0 N–H and O–H groups in total. The Morgan fingerprint density at radius 1 is 1.34 bits per heavy atom. The predicted molar refractivity (Wildman–Crippen MR) is 108 cm³/mol. The van der Waals surface area contributed by atoms with Crippen molar-refractivity contribution in [3.63, 3.8) is 0 Å². The molecule has 1 aliphatic carbocycles. The topological polar surface area (TPSA) is 59.3 Å². The SMILES string of the molecule is [2H]c1c([2H])c([2H])c(Oc2ccc(C(C#N)OC(=O)C3C(C=C(Cl)Cl)C3(C)C)cc2F)c([2H])c1[2H]. The molecule has 7 heteroatoms. The molecule has 3 atom stereocenters. The van der Waals surface area contributed by atoms with Crippen LogP contribution < -0.4 is 4.74 Å². The van der Waals surface area contributed by atoms with Crippen LogP contribution in [0, 0.1) is 34.4 Å². The van der Waals surface area contributed by atoms with Crippen molar-refractivity contribution in [3.8, 4) is 17.6 Å². The fourth-order valence-electron chi connectivity index (χ4n) is 3.10. The lowest BCUT2D eigenvalue weighted by atomic mass is 10.1. The highest BCUT2D eigenvalue weighted by atomic mass is 35.5. The second-order valence-corrected chi connectivity index (χ2v) is 7.98. The van der Waals surface area contributed by atoms with E-state index in [9.17, 15) is 14.4 Å². The molecule has 1 aliphatic rings. The van der Waals surface area contributed by atoms with Crippen LogP contribution in [0.5, 0.6) is 11.5 Å². The molecule has 3 unspecified atom stereocenters. The van der Waals surface area contributed by atoms with Crippen LogP contribution in [-0.2, 0) is 9.53 Å². The maximum atomic E-state index is 14.7. The van der Waals surface area contributed by atoms with E-state index in [2.05, 4.69) is 0 Å². The Labute approximate surface area is 185 Å². The first-order valence-electron chi connectivity index (χ1n) is 11.0. The number of halogens is 3. The molecular weight excluding hydrogens is 416 g/mol. The summed E-state index contributed by atoms with van der Waals surface area (Å²) in [6, 6.07) is 1.97. The van der Waals surface area contributed by atoms with E-state index in [1.165, 1.54) is 12.1 Å². The Balaban J connectivity index is 1.82. The number of allylic oxidation sites excluding steroid dienone is 1. The molecule has 1 fully saturated rings. The van der Waals surface area contributed by atoms with E-state index in [0.29, 0.717) is 0 Å². The number of ether oxygens (including phenoxy) is 2. The normalized spacial score (nSPS) is 22.6. The summed E-state index contributed by atoms with van der Waals surface area (Å²) in [6.07, 6.45) is 0.116. The standard InChI is InChI=1S/C22H18Cl2FNO3/c1-22(2)15(11-19(23)24)20(22)21(27)29-18(12-26)13-8-9-17(16(25)10-13)28-14-6-4-3-5-7-14/h3-11,15,18,20H,1-2H3/i3D,4D,5D,6D,7D. The molecule has 3 rings (SSSR count). The van der Waals surface area contributed by atoms with Gasteiger partial charge in [-0.05, 0) is 41.6 Å². The van der Waals surface area contributed by atoms with Gasteiger partial charge in [-0.25, -0.2) is 4.39 Å². The van der Waals surface area contributed by atoms with Gasteiger partial charge in [-0.3, -0.25) is 4.79 Å². The van der Waals surface area contributed by atoms with E-state index >= 15 is 0 Å². The molecule has 0 spiro atoms. The van der Waals surface area contributed by atoms with Crippen LogP contribution in [0.2, 0.25) is 0 Å². The van der Waals surface area contributed by atoms with Gasteiger partial charge in [-0.2, -0.15) is 5.26 Å². The smallest absolute Gasteiger partial charge is 0.311 e. The molecule has 4 nitrogen and oxygen atoms in total. The van der Waals surface area contributed by atoms with Gasteiger partial charge in [0.05, 0.1) is 12.8 Å². The Bertz CT molecular complexity index is 1220. The molecule has 0 heterocycles. The van der Waals surface area contributed by atoms with Crippen molar-refractivity contribution < 1.29 is 25.5 Å². The monoisotopic (exact) mass is 438 g/mol. The number of para-hydroxylation sites is 1. The van der Waals surface area contributed by atoms with Gasteiger partial charge in [0.2, 0.25) is 6.10 Å². The number of nitriles is 1. The molecule has 150 valence electrons. The zero-order valence-electron chi connectivity index (χ0n) is 20.3. The summed E-state index contributed by atoms with van der Waals surface area (Å²) in [5.74, 6) is -3.47. The van der Waals surface area contributed by atoms with Crippen molar-refractivity contribution >= 4 is 29.2 Å². The molecule has 1 saturated carbocycles. The minimum absolute atomic E-state index is 0.0157. The van der Waals surface area contributed by atoms with E-state index in [0.717, 1.165) is 12.1 Å². The fraction of sp³-hybridized carbons (Fsp3) is 0.273. The van der Waals surface area contributed by atoms with Crippen LogP contribution in [-0.4, -0.2) is 5.97 Å². The summed E-state index contributed by atoms with van der Waals surface area (Å²) in [5.41, 5.74) is -0.443. The molecule has 2 aromatic rings. The van der Waals surface area contributed by atoms with E-state index in [4.69, 9.17) is 39.5 Å². The second-order valence-electron chi connectivity index (χ2n) is 6.97. The average Bonchev–Trinajstić information content (AvgIpc) is 3.31. The number of rotatable bonds is 6. The average molecular weight is 439 g/mol. The van der Waals surface area contributed by atoms with Gasteiger partial charge in [0.25, 0.3) is 0 Å². The molecule has 0 aromatic heterocycles. The molecule has 0 aliphatic heterocycles. The van der Waals surface area contributed by atoms with Crippen LogP contribution in [0.25, 0.3) is 0 Å². The van der Waals surface area contributed by atoms with Crippen molar-refractivity contribution in [1.82, 2.24) is 0 Å². The zero-order valence-corrected chi connectivity index (χ0v) is 16.9. The lowest BCUT2D eigenvalue weighted by Gasteiger charge is -2.13. The van der Waals surface area contributed by atoms with Crippen molar-refractivity contribution in [2.24, 2.45) is 17.3 Å². The first-order valence-corrected chi connectivity index (χ1v) is 9.24. The van der Waals surface area contributed by atoms with E-state index in [1.54, 1.807) is 6.07 Å². The first-order chi connectivity index (χ1) is 15.8. The van der Waals surface area contributed by atoms with Gasteiger partial charge < -0.3 is 9.47 Å². The number of hydrogen-bond acceptors (Lipinski definition) is 4. The molecular formula is C22H18Cl2FNO3. The van der Waals surface area contributed by atoms with E-state index in [1.807, 2.05) is 13.8 Å². The second kappa shape index (κ2) is 8.44. The van der Waals surface area contributed by atoms with Gasteiger partial charge in [0.15, 0.2) is 11.6 Å². The Hall–Kier alpha value is -2.55. The van der Waals surface area contributed by atoms with Crippen molar-refractivity contribution in [2.75, 3.05) is 0 Å². The molecule has 0 saturated heterocycles. The van der Waals surface area contributed by atoms with Gasteiger partial charge >= 0.3 is 5.97 Å². The molecule has 2 aromatic carbocycles. The highest BCUT2D eigenvalue weighted by Gasteiger charge is 2.62. The van der Waals surface area contributed by atoms with Crippen molar-refractivity contribution in [1.29, 1.82) is 5.26 Å². The largest absolute Gasteiger partial charge is 0.454 e. The van der Waals surface area contributed by atoms with Crippen LogP contribution >= 0.6 is 23.2 Å². The minimum atomic E-state index is -1.41. The number of esters is 1. The maximum Gasteiger partial charge on any atom is 0.311 e. The van der Waals surface area contributed by atoms with Gasteiger partial charge in [-0.15, -0.1) is 0 Å². The summed E-state index contributed by atoms with van der Waals surface area (Å²) < 4.78 is 64.0. The van der Waals surface area contributed by atoms with Gasteiger partial charge in [0, 0.05) is 5.56 Å². The third-order valence-corrected chi connectivity index (χ3v) is 5.02. The number of hydrogen-bond donors (Lipinski definition) is 0. The lowest BCUT2D eigenvalue weighted by Crippen LogP contribution is -2.14. The summed E-state index contributed by atoms with van der Waals surface area (Å²) in [5, 5.41) is 9.48. The summed E-state index contributed by atoms with van der Waals surface area (Å²) in [6.45, 7) is 3.64. The van der Waals surface area contributed by atoms with Crippen molar-refractivity contribution in [3.05, 3.63) is 70.4 Å². The van der Waals surface area contributed by atoms with Crippen LogP contribution in [0.1, 0.15) is 32.4 Å². The summed E-state index contributed by atoms with van der Waals surface area (Å²) in [4.78, 5) is 12.6. The molecule has 0 radical (unpaired) electrons. The zero-order chi connectivity index (χ0) is 25.5. The quantitative estimate of drug-likeness (QED) is 0.495. The van der Waals surface area contributed by atoms with Crippen LogP contribution in [0.4, 0.5) is 4.39 Å². The minimum Gasteiger partial charge on any atom is -0.454 e. The van der Waals surface area contributed by atoms with Crippen LogP contribution in [0.3, 0.4) is 0 Å². The summed E-state index contributed by atoms with van der Waals surface area (Å²) >= 11 is 11.4. The third-order valence-electron chi connectivity index (χ3n) is 4.77. The number of carbonyl (C=O) groups is 1. The Morgan fingerprint density at radius 3 is 2.62 bits per heavy atom. The molecule has 29 heavy (non-hydrogen) atoms. The summed E-state index contributed by atoms with van der Waals surface area (Å²) in [7, 11) is 0. The number of nitrogens with zero attached hydrogens (tertiary/aromatic N) is 1. The maximum absolute atomic E-state index is 14.7. The Kier molecular flexibility index (Phi) is 4.46. The van der Waals surface area contributed by atoms with E-state index in [-0.39, 0.29) is 16.0 Å². The number of carbonyl (C=O) groups excluding carboxylic acids is 1.